The lowest BCUT2D eigenvalue weighted by Crippen LogP contribution is -2.29. The van der Waals surface area contributed by atoms with E-state index >= 15 is 0 Å². The number of aromatic nitrogens is 1. The van der Waals surface area contributed by atoms with Gasteiger partial charge in [0, 0.05) is 5.38 Å². The minimum absolute atomic E-state index is 0.493. The minimum atomic E-state index is 0.493. The minimum Gasteiger partial charge on any atom is -0.308 e. The normalized spacial score (nSPS) is 19.3. The van der Waals surface area contributed by atoms with Crippen LogP contribution in [0.3, 0.4) is 0 Å². The number of nitrogens with zero attached hydrogens (tertiary/aromatic N) is 1. The highest BCUT2D eigenvalue weighted by atomic mass is 32.1. The predicted octanol–water partition coefficient (Wildman–Crippen LogP) is 4.50. The highest BCUT2D eigenvalue weighted by Crippen LogP contribution is 2.36. The molecule has 1 heterocycles. The molecule has 0 radical (unpaired) electrons. The molecule has 0 aromatic carbocycles. The molecule has 0 saturated heterocycles. The van der Waals surface area contributed by atoms with Crippen LogP contribution >= 0.6 is 11.3 Å². The Bertz CT molecular complexity index is 353. The third kappa shape index (κ3) is 3.33. The fraction of sp³-hybridized carbons (Fsp3) is 0.800. The molecule has 0 aliphatic heterocycles. The first-order valence-corrected chi connectivity index (χ1v) is 8.29. The van der Waals surface area contributed by atoms with Crippen molar-refractivity contribution in [3.8, 4) is 0 Å². The third-order valence-corrected chi connectivity index (χ3v) is 4.89. The Kier molecular flexibility index (Phi) is 5.19. The van der Waals surface area contributed by atoms with E-state index in [-0.39, 0.29) is 0 Å². The molecule has 3 heteroatoms. The van der Waals surface area contributed by atoms with E-state index < -0.39 is 0 Å². The van der Waals surface area contributed by atoms with Gasteiger partial charge in [-0.25, -0.2) is 4.98 Å². The lowest BCUT2D eigenvalue weighted by atomic mass is 9.84. The largest absolute Gasteiger partial charge is 0.308 e. The molecule has 1 atom stereocenters. The summed E-state index contributed by atoms with van der Waals surface area (Å²) in [7, 11) is 0. The van der Waals surface area contributed by atoms with Gasteiger partial charge in [0.25, 0.3) is 0 Å². The number of hydrogen-bond donors (Lipinski definition) is 1. The van der Waals surface area contributed by atoms with E-state index in [0.29, 0.717) is 12.0 Å². The molecule has 2 nitrogen and oxygen atoms in total. The quantitative estimate of drug-likeness (QED) is 0.849. The molecular weight excluding hydrogens is 240 g/mol. The third-order valence-electron chi connectivity index (χ3n) is 3.94. The van der Waals surface area contributed by atoms with Gasteiger partial charge in [0.1, 0.15) is 5.01 Å². The summed E-state index contributed by atoms with van der Waals surface area (Å²) >= 11 is 1.85. The summed E-state index contributed by atoms with van der Waals surface area (Å²) in [6.07, 6.45) is 6.96. The molecule has 18 heavy (non-hydrogen) atoms. The van der Waals surface area contributed by atoms with Crippen molar-refractivity contribution < 1.29 is 0 Å². The maximum absolute atomic E-state index is 4.86. The maximum atomic E-state index is 4.86. The zero-order chi connectivity index (χ0) is 13.0. The SMILES string of the molecule is CCNC(c1nc(C(C)C)cs1)C1CCCCC1. The first-order valence-electron chi connectivity index (χ1n) is 7.41. The van der Waals surface area contributed by atoms with Gasteiger partial charge in [-0.15, -0.1) is 11.3 Å². The average molecular weight is 266 g/mol. The van der Waals surface area contributed by atoms with Crippen molar-refractivity contribution in [3.63, 3.8) is 0 Å². The van der Waals surface area contributed by atoms with Crippen LogP contribution in [0.2, 0.25) is 0 Å². The predicted molar refractivity (Wildman–Crippen MR) is 79.2 cm³/mol. The molecule has 0 spiro atoms. The van der Waals surface area contributed by atoms with E-state index in [9.17, 15) is 0 Å². The molecule has 1 aromatic heterocycles. The second-order valence-corrected chi connectivity index (χ2v) is 6.59. The van der Waals surface area contributed by atoms with Crippen molar-refractivity contribution in [2.24, 2.45) is 5.92 Å². The van der Waals surface area contributed by atoms with E-state index in [0.717, 1.165) is 12.5 Å². The smallest absolute Gasteiger partial charge is 0.110 e. The Balaban J connectivity index is 2.11. The van der Waals surface area contributed by atoms with Gasteiger partial charge in [0.15, 0.2) is 0 Å². The van der Waals surface area contributed by atoms with Gasteiger partial charge in [-0.3, -0.25) is 0 Å². The number of thiazole rings is 1. The molecule has 1 aliphatic carbocycles. The maximum Gasteiger partial charge on any atom is 0.110 e. The van der Waals surface area contributed by atoms with Crippen molar-refractivity contribution in [1.82, 2.24) is 10.3 Å². The summed E-state index contributed by atoms with van der Waals surface area (Å²) in [5.74, 6) is 1.34. The number of nitrogens with one attached hydrogen (secondary N) is 1. The molecule has 0 amide bonds. The van der Waals surface area contributed by atoms with E-state index in [2.05, 4.69) is 31.5 Å². The zero-order valence-corrected chi connectivity index (χ0v) is 12.7. The van der Waals surface area contributed by atoms with E-state index in [4.69, 9.17) is 4.98 Å². The Labute approximate surface area is 115 Å². The Hall–Kier alpha value is -0.410. The molecule has 102 valence electrons. The number of rotatable bonds is 5. The zero-order valence-electron chi connectivity index (χ0n) is 11.9. The van der Waals surface area contributed by atoms with Crippen LogP contribution in [-0.2, 0) is 0 Å². The van der Waals surface area contributed by atoms with Crippen LogP contribution in [0.15, 0.2) is 5.38 Å². The Morgan fingerprint density at radius 1 is 1.33 bits per heavy atom. The lowest BCUT2D eigenvalue weighted by Gasteiger charge is -2.29. The summed E-state index contributed by atoms with van der Waals surface area (Å²) in [6, 6.07) is 0.493. The summed E-state index contributed by atoms with van der Waals surface area (Å²) in [6.45, 7) is 7.69. The van der Waals surface area contributed by atoms with Gasteiger partial charge in [-0.1, -0.05) is 40.0 Å². The molecule has 0 bridgehead atoms. The van der Waals surface area contributed by atoms with Gasteiger partial charge in [0.05, 0.1) is 11.7 Å². The van der Waals surface area contributed by atoms with E-state index in [1.54, 1.807) is 0 Å². The van der Waals surface area contributed by atoms with Crippen LogP contribution in [-0.4, -0.2) is 11.5 Å². The van der Waals surface area contributed by atoms with Gasteiger partial charge in [-0.05, 0) is 31.2 Å². The molecule has 2 rings (SSSR count). The van der Waals surface area contributed by atoms with E-state index in [1.165, 1.54) is 42.8 Å². The van der Waals surface area contributed by atoms with Crippen molar-refractivity contribution in [1.29, 1.82) is 0 Å². The Morgan fingerprint density at radius 2 is 2.06 bits per heavy atom. The summed E-state index contributed by atoms with van der Waals surface area (Å²) < 4.78 is 0. The van der Waals surface area contributed by atoms with Gasteiger partial charge in [-0.2, -0.15) is 0 Å². The second-order valence-electron chi connectivity index (χ2n) is 5.70. The molecular formula is C15H26N2S. The lowest BCUT2D eigenvalue weighted by molar-refractivity contribution is 0.274. The first kappa shape index (κ1) is 14.0. The first-order chi connectivity index (χ1) is 8.72. The van der Waals surface area contributed by atoms with Crippen molar-refractivity contribution in [3.05, 3.63) is 16.1 Å². The van der Waals surface area contributed by atoms with Crippen molar-refractivity contribution in [2.45, 2.75) is 64.8 Å². The van der Waals surface area contributed by atoms with Crippen LogP contribution in [0.1, 0.15) is 75.5 Å². The molecule has 1 N–H and O–H groups in total. The van der Waals surface area contributed by atoms with Crippen LogP contribution < -0.4 is 5.32 Å². The summed E-state index contributed by atoms with van der Waals surface area (Å²) in [5, 5.41) is 7.22. The van der Waals surface area contributed by atoms with Crippen LogP contribution in [0.25, 0.3) is 0 Å². The Morgan fingerprint density at radius 3 is 2.61 bits per heavy atom. The highest BCUT2D eigenvalue weighted by Gasteiger charge is 2.26. The summed E-state index contributed by atoms with van der Waals surface area (Å²) in [5.41, 5.74) is 1.26. The van der Waals surface area contributed by atoms with Crippen LogP contribution in [0.5, 0.6) is 0 Å². The van der Waals surface area contributed by atoms with Crippen LogP contribution in [0.4, 0.5) is 0 Å². The molecule has 1 saturated carbocycles. The summed E-state index contributed by atoms with van der Waals surface area (Å²) in [4.78, 5) is 4.86. The van der Waals surface area contributed by atoms with Gasteiger partial charge in [0.2, 0.25) is 0 Å². The fourth-order valence-electron chi connectivity index (χ4n) is 2.85. The average Bonchev–Trinajstić information content (AvgIpc) is 2.86. The highest BCUT2D eigenvalue weighted by molar-refractivity contribution is 7.09. The van der Waals surface area contributed by atoms with Crippen LogP contribution in [0, 0.1) is 5.92 Å². The standard InChI is InChI=1S/C15H26N2S/c1-4-16-14(12-8-6-5-7-9-12)15-17-13(10-18-15)11(2)3/h10-12,14,16H,4-9H2,1-3H3. The monoisotopic (exact) mass is 266 g/mol. The topological polar surface area (TPSA) is 24.9 Å². The molecule has 1 unspecified atom stereocenters. The number of hydrogen-bond acceptors (Lipinski definition) is 3. The van der Waals surface area contributed by atoms with Crippen molar-refractivity contribution in [2.75, 3.05) is 6.54 Å². The fourth-order valence-corrected chi connectivity index (χ4v) is 4.00. The molecule has 1 aliphatic rings. The molecule has 1 aromatic rings. The van der Waals surface area contributed by atoms with Gasteiger partial charge < -0.3 is 5.32 Å². The second kappa shape index (κ2) is 6.67. The van der Waals surface area contributed by atoms with Gasteiger partial charge >= 0.3 is 0 Å². The van der Waals surface area contributed by atoms with E-state index in [1.807, 2.05) is 11.3 Å². The molecule has 1 fully saturated rings. The van der Waals surface area contributed by atoms with Crippen molar-refractivity contribution >= 4 is 11.3 Å².